The van der Waals surface area contributed by atoms with Crippen LogP contribution in [-0.4, -0.2) is 22.1 Å². The molecule has 0 spiro atoms. The van der Waals surface area contributed by atoms with Crippen LogP contribution in [0.5, 0.6) is 0 Å². The third kappa shape index (κ3) is 2.45. The third-order valence-electron chi connectivity index (χ3n) is 5.58. The second-order valence-corrected chi connectivity index (χ2v) is 6.89. The van der Waals surface area contributed by atoms with Gasteiger partial charge in [0.1, 0.15) is 0 Å². The van der Waals surface area contributed by atoms with Crippen LogP contribution in [0.3, 0.4) is 0 Å². The molecule has 2 unspecified atom stereocenters. The monoisotopic (exact) mass is 324 g/mol. The highest BCUT2D eigenvalue weighted by Gasteiger charge is 2.43. The molecule has 0 N–H and O–H groups in total. The summed E-state index contributed by atoms with van der Waals surface area (Å²) in [7, 11) is 0. The van der Waals surface area contributed by atoms with E-state index in [4.69, 9.17) is 4.74 Å². The van der Waals surface area contributed by atoms with Crippen molar-refractivity contribution in [3.8, 4) is 11.3 Å². The van der Waals surface area contributed by atoms with Gasteiger partial charge in [-0.25, -0.2) is 4.98 Å². The normalized spacial score (nSPS) is 21.1. The minimum Gasteiger partial charge on any atom is -0.466 e. The topological polar surface area (TPSA) is 44.1 Å². The van der Waals surface area contributed by atoms with E-state index in [-0.39, 0.29) is 17.9 Å². The van der Waals surface area contributed by atoms with Crippen molar-refractivity contribution in [2.45, 2.75) is 45.1 Å². The molecule has 2 atom stereocenters. The van der Waals surface area contributed by atoms with E-state index in [1.807, 2.05) is 19.4 Å². The number of aromatic nitrogens is 2. The predicted molar refractivity (Wildman–Crippen MR) is 92.5 cm³/mol. The van der Waals surface area contributed by atoms with Gasteiger partial charge in [-0.05, 0) is 31.2 Å². The largest absolute Gasteiger partial charge is 0.466 e. The molecule has 1 aromatic heterocycles. The van der Waals surface area contributed by atoms with Gasteiger partial charge >= 0.3 is 5.97 Å². The number of ether oxygens (including phenoxy) is 1. The standard InChI is InChI=1S/C20H24N2O2/c1-2-24-20(23)18(14-8-4-3-5-9-14)19-16-11-7-6-10-15(16)17-12-21-13-22(17)19/h6-7,10-14,18-19H,2-5,8-9H2,1H3. The maximum absolute atomic E-state index is 12.9. The molecule has 1 fully saturated rings. The van der Waals surface area contributed by atoms with Crippen LogP contribution in [-0.2, 0) is 9.53 Å². The number of hydrogen-bond donors (Lipinski definition) is 0. The Bertz CT molecular complexity index is 731. The summed E-state index contributed by atoms with van der Waals surface area (Å²) in [6, 6.07) is 8.42. The highest BCUT2D eigenvalue weighted by atomic mass is 16.5. The zero-order valence-electron chi connectivity index (χ0n) is 14.1. The van der Waals surface area contributed by atoms with E-state index in [1.54, 1.807) is 0 Å². The molecule has 1 aliphatic carbocycles. The molecule has 1 aliphatic heterocycles. The van der Waals surface area contributed by atoms with E-state index >= 15 is 0 Å². The van der Waals surface area contributed by atoms with E-state index in [9.17, 15) is 4.79 Å². The summed E-state index contributed by atoms with van der Waals surface area (Å²) in [6.45, 7) is 2.33. The smallest absolute Gasteiger partial charge is 0.311 e. The number of carbonyl (C=O) groups is 1. The zero-order valence-corrected chi connectivity index (χ0v) is 14.1. The number of rotatable bonds is 4. The Labute approximate surface area is 142 Å². The summed E-state index contributed by atoms with van der Waals surface area (Å²) >= 11 is 0. The van der Waals surface area contributed by atoms with Crippen LogP contribution in [0.1, 0.15) is 50.6 Å². The van der Waals surface area contributed by atoms with Crippen molar-refractivity contribution >= 4 is 5.97 Å². The minimum absolute atomic E-state index is 0.0147. The molecule has 1 saturated carbocycles. The average Bonchev–Trinajstić information content (AvgIpc) is 3.19. The lowest BCUT2D eigenvalue weighted by Gasteiger charge is -2.33. The van der Waals surface area contributed by atoms with Crippen LogP contribution >= 0.6 is 0 Å². The Morgan fingerprint density at radius 3 is 2.88 bits per heavy atom. The third-order valence-corrected chi connectivity index (χ3v) is 5.58. The van der Waals surface area contributed by atoms with Crippen molar-refractivity contribution in [1.29, 1.82) is 0 Å². The van der Waals surface area contributed by atoms with E-state index in [2.05, 4.69) is 33.8 Å². The molecule has 24 heavy (non-hydrogen) atoms. The number of esters is 1. The number of fused-ring (bicyclic) bond motifs is 3. The van der Waals surface area contributed by atoms with Gasteiger partial charge in [-0.3, -0.25) is 4.79 Å². The maximum atomic E-state index is 12.9. The molecular formula is C20H24N2O2. The molecule has 0 radical (unpaired) electrons. The van der Waals surface area contributed by atoms with Gasteiger partial charge in [-0.2, -0.15) is 0 Å². The maximum Gasteiger partial charge on any atom is 0.311 e. The van der Waals surface area contributed by atoms with Crippen LogP contribution in [0.25, 0.3) is 11.3 Å². The molecule has 4 heteroatoms. The molecule has 0 amide bonds. The first-order chi connectivity index (χ1) is 11.8. The first-order valence-electron chi connectivity index (χ1n) is 9.09. The number of hydrogen-bond acceptors (Lipinski definition) is 3. The van der Waals surface area contributed by atoms with Crippen molar-refractivity contribution in [2.75, 3.05) is 6.61 Å². The summed E-state index contributed by atoms with van der Waals surface area (Å²) in [5.41, 5.74) is 3.55. The van der Waals surface area contributed by atoms with E-state index in [0.29, 0.717) is 12.5 Å². The van der Waals surface area contributed by atoms with Crippen LogP contribution in [0, 0.1) is 11.8 Å². The van der Waals surface area contributed by atoms with Crippen molar-refractivity contribution < 1.29 is 9.53 Å². The summed E-state index contributed by atoms with van der Waals surface area (Å²) in [4.78, 5) is 17.3. The van der Waals surface area contributed by atoms with Gasteiger partial charge in [-0.1, -0.05) is 43.5 Å². The van der Waals surface area contributed by atoms with Gasteiger partial charge in [0.2, 0.25) is 0 Å². The second-order valence-electron chi connectivity index (χ2n) is 6.89. The zero-order chi connectivity index (χ0) is 16.5. The van der Waals surface area contributed by atoms with Crippen LogP contribution in [0.15, 0.2) is 36.8 Å². The van der Waals surface area contributed by atoms with E-state index < -0.39 is 0 Å². The van der Waals surface area contributed by atoms with Gasteiger partial charge in [0.25, 0.3) is 0 Å². The van der Waals surface area contributed by atoms with E-state index in [0.717, 1.165) is 18.5 Å². The lowest BCUT2D eigenvalue weighted by Crippen LogP contribution is -2.34. The van der Waals surface area contributed by atoms with Gasteiger partial charge in [0.15, 0.2) is 0 Å². The summed E-state index contributed by atoms with van der Waals surface area (Å²) in [5, 5.41) is 0. The number of carbonyl (C=O) groups excluding carboxylic acids is 1. The van der Waals surface area contributed by atoms with Crippen LogP contribution < -0.4 is 0 Å². The predicted octanol–water partition coefficient (Wildman–Crippen LogP) is 4.21. The highest BCUT2D eigenvalue weighted by Crippen LogP contribution is 2.47. The molecule has 2 heterocycles. The Morgan fingerprint density at radius 1 is 1.29 bits per heavy atom. The fourth-order valence-corrected chi connectivity index (χ4v) is 4.55. The molecule has 4 rings (SSSR count). The first kappa shape index (κ1) is 15.4. The molecule has 1 aromatic carbocycles. The number of benzene rings is 1. The number of nitrogens with zero attached hydrogens (tertiary/aromatic N) is 2. The quantitative estimate of drug-likeness (QED) is 0.791. The van der Waals surface area contributed by atoms with Crippen molar-refractivity contribution in [1.82, 2.24) is 9.55 Å². The summed E-state index contributed by atoms with van der Waals surface area (Å²) in [6.07, 6.45) is 9.72. The fraction of sp³-hybridized carbons (Fsp3) is 0.500. The minimum atomic E-state index is -0.123. The average molecular weight is 324 g/mol. The number of imidazole rings is 1. The molecule has 2 aromatic rings. The lowest BCUT2D eigenvalue weighted by molar-refractivity contribution is -0.152. The molecule has 4 nitrogen and oxygen atoms in total. The fourth-order valence-electron chi connectivity index (χ4n) is 4.55. The van der Waals surface area contributed by atoms with E-state index in [1.165, 1.54) is 30.4 Å². The molecular weight excluding hydrogens is 300 g/mol. The lowest BCUT2D eigenvalue weighted by atomic mass is 9.75. The van der Waals surface area contributed by atoms with Gasteiger partial charge in [0, 0.05) is 5.56 Å². The van der Waals surface area contributed by atoms with Gasteiger partial charge < -0.3 is 9.30 Å². The second kappa shape index (κ2) is 6.42. The van der Waals surface area contributed by atoms with Crippen molar-refractivity contribution in [3.63, 3.8) is 0 Å². The van der Waals surface area contributed by atoms with Crippen LogP contribution in [0.4, 0.5) is 0 Å². The SMILES string of the molecule is CCOC(=O)C(C1CCCCC1)C1c2ccccc2-c2cncn21. The molecule has 126 valence electrons. The van der Waals surface area contributed by atoms with Gasteiger partial charge in [-0.15, -0.1) is 0 Å². The Morgan fingerprint density at radius 2 is 2.08 bits per heavy atom. The summed E-state index contributed by atoms with van der Waals surface area (Å²) in [5.74, 6) is 0.219. The van der Waals surface area contributed by atoms with Gasteiger partial charge in [0.05, 0.1) is 36.8 Å². The Balaban J connectivity index is 1.79. The van der Waals surface area contributed by atoms with Crippen molar-refractivity contribution in [3.05, 3.63) is 42.4 Å². The Kier molecular flexibility index (Phi) is 4.13. The summed E-state index contributed by atoms with van der Waals surface area (Å²) < 4.78 is 7.69. The molecule has 0 saturated heterocycles. The Hall–Kier alpha value is -2.10. The first-order valence-corrected chi connectivity index (χ1v) is 9.09. The highest BCUT2D eigenvalue weighted by molar-refractivity contribution is 5.78. The molecule has 2 aliphatic rings. The van der Waals surface area contributed by atoms with Crippen molar-refractivity contribution in [2.24, 2.45) is 11.8 Å². The molecule has 0 bridgehead atoms. The van der Waals surface area contributed by atoms with Crippen LogP contribution in [0.2, 0.25) is 0 Å².